The third-order valence-corrected chi connectivity index (χ3v) is 8.59. The highest BCUT2D eigenvalue weighted by Gasteiger charge is 2.18. The number of imidazole rings is 1. The maximum Gasteiger partial charge on any atom is 0.159 e. The smallest absolute Gasteiger partial charge is 0.159 e. The van der Waals surface area contributed by atoms with E-state index in [-0.39, 0.29) is 5.82 Å². The fourth-order valence-corrected chi connectivity index (χ4v) is 6.34. The number of H-pyrrole nitrogens is 2. The quantitative estimate of drug-likeness (QED) is 0.113. The number of aromatic nitrogens is 6. The highest BCUT2D eigenvalue weighted by molar-refractivity contribution is 5.97. The van der Waals surface area contributed by atoms with Crippen LogP contribution in [0.2, 0.25) is 0 Å². The van der Waals surface area contributed by atoms with E-state index in [2.05, 4.69) is 63.5 Å². The molecule has 242 valence electrons. The average molecular weight is 631 g/mol. The third-order valence-electron chi connectivity index (χ3n) is 8.59. The molecule has 0 spiro atoms. The number of pyridine rings is 2. The molecule has 1 aliphatic heterocycles. The van der Waals surface area contributed by atoms with Crippen LogP contribution in [0.15, 0.2) is 85.6 Å². The summed E-state index contributed by atoms with van der Waals surface area (Å²) >= 11 is 0. The lowest BCUT2D eigenvalue weighted by atomic mass is 10.0. The summed E-state index contributed by atoms with van der Waals surface area (Å²) in [5.41, 5.74) is 8.95. The second-order valence-electron chi connectivity index (χ2n) is 12.7. The summed E-state index contributed by atoms with van der Waals surface area (Å²) in [7, 11) is 0. The maximum atomic E-state index is 14.9. The van der Waals surface area contributed by atoms with Crippen molar-refractivity contribution in [2.24, 2.45) is 5.92 Å². The Morgan fingerprint density at radius 2 is 1.94 bits per heavy atom. The molecule has 0 saturated carbocycles. The van der Waals surface area contributed by atoms with Crippen LogP contribution < -0.4 is 5.32 Å². The molecule has 1 aromatic carbocycles. The van der Waals surface area contributed by atoms with Gasteiger partial charge in [0.05, 0.1) is 34.6 Å². The SMILES string of the molecule is C=C/C(=C\C(=C/C)c1cc2c(-c3nc4c(-c5cc(F)cc(CCCN6CCCC6)c5)cncc4[nH]3)n[nH]c2cn1)NC(=C)CC(C)C. The van der Waals surface area contributed by atoms with Crippen molar-refractivity contribution in [3.05, 3.63) is 103 Å². The monoisotopic (exact) mass is 630 g/mol. The fraction of sp³-hybridized carbons (Fsp3) is 0.316. The molecule has 5 heterocycles. The zero-order chi connectivity index (χ0) is 32.9. The van der Waals surface area contributed by atoms with Crippen molar-refractivity contribution in [3.8, 4) is 22.6 Å². The lowest BCUT2D eigenvalue weighted by Crippen LogP contribution is -2.20. The number of fused-ring (bicyclic) bond motifs is 2. The Bertz CT molecular complexity index is 1970. The molecular weight excluding hydrogens is 587 g/mol. The van der Waals surface area contributed by atoms with Gasteiger partial charge in [0.15, 0.2) is 5.82 Å². The van der Waals surface area contributed by atoms with Crippen molar-refractivity contribution in [3.63, 3.8) is 0 Å². The second-order valence-corrected chi connectivity index (χ2v) is 12.7. The maximum absolute atomic E-state index is 14.9. The molecule has 4 aromatic heterocycles. The minimum absolute atomic E-state index is 0.252. The van der Waals surface area contributed by atoms with Gasteiger partial charge in [-0.25, -0.2) is 9.37 Å². The standard InChI is InChI=1S/C38H43FN8/c1-6-27(19-30(7-2)42-25(5)15-24(3)4)33-20-31-34(23-41-33)45-46-37(31)38-43-35-22-40-21-32(36(35)44-38)28-16-26(17-29(39)18-28)11-10-14-47-12-8-9-13-47/h6-7,16-24,42H,2,5,8-15H2,1,3-4H3,(H,43,44)(H,45,46)/b27-6+,30-19+. The van der Waals surface area contributed by atoms with Gasteiger partial charge in [-0.2, -0.15) is 5.10 Å². The Labute approximate surface area is 275 Å². The van der Waals surface area contributed by atoms with Gasteiger partial charge in [0, 0.05) is 28.5 Å². The van der Waals surface area contributed by atoms with E-state index in [1.165, 1.54) is 25.9 Å². The number of nitrogens with one attached hydrogen (secondary N) is 3. The summed E-state index contributed by atoms with van der Waals surface area (Å²) < 4.78 is 14.9. The fourth-order valence-electron chi connectivity index (χ4n) is 6.34. The van der Waals surface area contributed by atoms with Crippen LogP contribution >= 0.6 is 0 Å². The predicted octanol–water partition coefficient (Wildman–Crippen LogP) is 8.35. The molecule has 8 nitrogen and oxygen atoms in total. The van der Waals surface area contributed by atoms with Crippen molar-refractivity contribution in [1.29, 1.82) is 0 Å². The lowest BCUT2D eigenvalue weighted by molar-refractivity contribution is 0.334. The van der Waals surface area contributed by atoms with Crippen LogP contribution in [0.5, 0.6) is 0 Å². The van der Waals surface area contributed by atoms with Crippen LogP contribution in [0.3, 0.4) is 0 Å². The number of aryl methyl sites for hydroxylation is 1. The topological polar surface area (TPSA) is 98.4 Å². The van der Waals surface area contributed by atoms with Crippen molar-refractivity contribution in [2.75, 3.05) is 19.6 Å². The van der Waals surface area contributed by atoms with Gasteiger partial charge < -0.3 is 15.2 Å². The minimum atomic E-state index is -0.252. The van der Waals surface area contributed by atoms with Crippen molar-refractivity contribution in [1.82, 2.24) is 40.3 Å². The highest BCUT2D eigenvalue weighted by atomic mass is 19.1. The van der Waals surface area contributed by atoms with Gasteiger partial charge in [-0.05, 0) is 112 Å². The number of aromatic amines is 2. The zero-order valence-corrected chi connectivity index (χ0v) is 27.5. The molecule has 5 aromatic rings. The second kappa shape index (κ2) is 14.3. The summed E-state index contributed by atoms with van der Waals surface area (Å²) in [5, 5.41) is 12.0. The van der Waals surface area contributed by atoms with Gasteiger partial charge in [-0.15, -0.1) is 0 Å². The molecule has 0 radical (unpaired) electrons. The van der Waals surface area contributed by atoms with E-state index in [1.54, 1.807) is 36.8 Å². The van der Waals surface area contributed by atoms with Gasteiger partial charge in [0.2, 0.25) is 0 Å². The molecule has 0 aliphatic carbocycles. The van der Waals surface area contributed by atoms with Crippen molar-refractivity contribution < 1.29 is 4.39 Å². The molecule has 0 atom stereocenters. The molecule has 0 unspecified atom stereocenters. The Morgan fingerprint density at radius 3 is 2.70 bits per heavy atom. The van der Waals surface area contributed by atoms with Crippen LogP contribution in [-0.2, 0) is 6.42 Å². The molecular formula is C38H43FN8. The molecule has 1 fully saturated rings. The van der Waals surface area contributed by atoms with Gasteiger partial charge in [0.25, 0.3) is 0 Å². The van der Waals surface area contributed by atoms with Crippen molar-refractivity contribution in [2.45, 2.75) is 52.9 Å². The van der Waals surface area contributed by atoms with E-state index < -0.39 is 0 Å². The summed E-state index contributed by atoms with van der Waals surface area (Å²) in [4.78, 5) is 20.1. The Morgan fingerprint density at radius 1 is 1.11 bits per heavy atom. The first kappa shape index (κ1) is 32.1. The summed E-state index contributed by atoms with van der Waals surface area (Å²) in [5.74, 6) is 0.838. The molecule has 9 heteroatoms. The van der Waals surface area contributed by atoms with Crippen LogP contribution in [0, 0.1) is 11.7 Å². The van der Waals surface area contributed by atoms with E-state index >= 15 is 0 Å². The number of halogens is 1. The molecule has 1 aliphatic rings. The van der Waals surface area contributed by atoms with E-state index in [4.69, 9.17) is 9.97 Å². The molecule has 0 bridgehead atoms. The molecule has 1 saturated heterocycles. The largest absolute Gasteiger partial charge is 0.359 e. The number of hydrogen-bond donors (Lipinski definition) is 3. The van der Waals surface area contributed by atoms with Crippen LogP contribution in [0.4, 0.5) is 4.39 Å². The first-order chi connectivity index (χ1) is 22.8. The molecule has 3 N–H and O–H groups in total. The van der Waals surface area contributed by atoms with Gasteiger partial charge in [-0.3, -0.25) is 15.1 Å². The molecule has 0 amide bonds. The lowest BCUT2D eigenvalue weighted by Gasteiger charge is -2.14. The number of hydrogen-bond acceptors (Lipinski definition) is 6. The first-order valence-corrected chi connectivity index (χ1v) is 16.5. The van der Waals surface area contributed by atoms with Gasteiger partial charge in [-0.1, -0.05) is 39.1 Å². The minimum Gasteiger partial charge on any atom is -0.359 e. The van der Waals surface area contributed by atoms with E-state index in [0.29, 0.717) is 17.4 Å². The van der Waals surface area contributed by atoms with Crippen LogP contribution in [0.1, 0.15) is 57.7 Å². The van der Waals surface area contributed by atoms with Gasteiger partial charge in [0.1, 0.15) is 11.5 Å². The predicted molar refractivity (Wildman–Crippen MR) is 190 cm³/mol. The normalized spacial score (nSPS) is 14.5. The molecule has 47 heavy (non-hydrogen) atoms. The summed E-state index contributed by atoms with van der Waals surface area (Å²) in [6.45, 7) is 17.8. The van der Waals surface area contributed by atoms with E-state index in [0.717, 1.165) is 87.1 Å². The number of allylic oxidation sites excluding steroid dienone is 5. The Hall–Kier alpha value is -4.89. The average Bonchev–Trinajstić information content (AvgIpc) is 3.82. The zero-order valence-electron chi connectivity index (χ0n) is 27.5. The van der Waals surface area contributed by atoms with E-state index in [1.807, 2.05) is 25.1 Å². The van der Waals surface area contributed by atoms with Crippen LogP contribution in [0.25, 0.3) is 50.2 Å². The number of nitrogens with zero attached hydrogens (tertiary/aromatic N) is 5. The van der Waals surface area contributed by atoms with E-state index in [9.17, 15) is 4.39 Å². The summed E-state index contributed by atoms with van der Waals surface area (Å²) in [6.07, 6.45) is 16.4. The number of likely N-dealkylation sites (tertiary alicyclic amines) is 1. The first-order valence-electron chi connectivity index (χ1n) is 16.5. The Kier molecular flexibility index (Phi) is 9.73. The number of rotatable bonds is 13. The highest BCUT2D eigenvalue weighted by Crippen LogP contribution is 2.32. The van der Waals surface area contributed by atoms with Gasteiger partial charge >= 0.3 is 0 Å². The van der Waals surface area contributed by atoms with Crippen molar-refractivity contribution >= 4 is 27.5 Å². The number of benzene rings is 1. The Balaban J connectivity index is 1.30. The summed E-state index contributed by atoms with van der Waals surface area (Å²) in [6, 6.07) is 7.28. The molecule has 6 rings (SSSR count). The third kappa shape index (κ3) is 7.41. The van der Waals surface area contributed by atoms with Crippen LogP contribution in [-0.4, -0.2) is 54.7 Å².